The molecule has 0 radical (unpaired) electrons. The van der Waals surface area contributed by atoms with E-state index in [4.69, 9.17) is 27.3 Å². The van der Waals surface area contributed by atoms with Crippen molar-refractivity contribution in [3.63, 3.8) is 0 Å². The number of anilines is 1. The third kappa shape index (κ3) is 2.14. The number of ether oxygens (including phenoxy) is 1. The molecule has 7 heteroatoms. The van der Waals surface area contributed by atoms with Gasteiger partial charge in [0, 0.05) is 6.07 Å². The molecular formula is C14H10ClN5O. The van der Waals surface area contributed by atoms with E-state index in [2.05, 4.69) is 16.0 Å². The summed E-state index contributed by atoms with van der Waals surface area (Å²) in [6.07, 6.45) is 0. The Morgan fingerprint density at radius 1 is 1.29 bits per heavy atom. The minimum atomic E-state index is 0.239. The van der Waals surface area contributed by atoms with Crippen LogP contribution in [0.3, 0.4) is 0 Å². The molecule has 3 aromatic rings. The fourth-order valence-corrected chi connectivity index (χ4v) is 2.26. The molecule has 21 heavy (non-hydrogen) atoms. The summed E-state index contributed by atoms with van der Waals surface area (Å²) in [7, 11) is 1.53. The SMILES string of the molecule is COc1ccc2nc(N)n(-c3cc(C#N)ccc3Cl)c2n1. The zero-order chi connectivity index (χ0) is 15.0. The maximum atomic E-state index is 9.03. The van der Waals surface area contributed by atoms with E-state index in [1.54, 1.807) is 34.9 Å². The van der Waals surface area contributed by atoms with Crippen LogP contribution in [0.25, 0.3) is 16.9 Å². The lowest BCUT2D eigenvalue weighted by Gasteiger charge is -2.09. The Kier molecular flexibility index (Phi) is 3.12. The monoisotopic (exact) mass is 299 g/mol. The molecule has 0 bridgehead atoms. The van der Waals surface area contributed by atoms with Crippen LogP contribution in [0.1, 0.15) is 5.56 Å². The number of hydrogen-bond acceptors (Lipinski definition) is 5. The van der Waals surface area contributed by atoms with Crippen LogP contribution in [0.5, 0.6) is 5.88 Å². The van der Waals surface area contributed by atoms with E-state index >= 15 is 0 Å². The van der Waals surface area contributed by atoms with Crippen LogP contribution < -0.4 is 10.5 Å². The maximum Gasteiger partial charge on any atom is 0.215 e. The summed E-state index contributed by atoms with van der Waals surface area (Å²) in [5.41, 5.74) is 8.12. The van der Waals surface area contributed by atoms with Gasteiger partial charge in [-0.25, -0.2) is 4.98 Å². The second-order valence-electron chi connectivity index (χ2n) is 4.28. The topological polar surface area (TPSA) is 89.8 Å². The van der Waals surface area contributed by atoms with Gasteiger partial charge in [0.1, 0.15) is 5.52 Å². The molecule has 6 nitrogen and oxygen atoms in total. The van der Waals surface area contributed by atoms with Crippen molar-refractivity contribution in [3.05, 3.63) is 40.9 Å². The fourth-order valence-electron chi connectivity index (χ4n) is 2.06. The van der Waals surface area contributed by atoms with E-state index in [1.807, 2.05) is 0 Å². The zero-order valence-corrected chi connectivity index (χ0v) is 11.8. The maximum absolute atomic E-state index is 9.03. The minimum Gasteiger partial charge on any atom is -0.481 e. The molecular weight excluding hydrogens is 290 g/mol. The Balaban J connectivity index is 2.34. The highest BCUT2D eigenvalue weighted by molar-refractivity contribution is 6.32. The number of fused-ring (bicyclic) bond motifs is 1. The van der Waals surface area contributed by atoms with Gasteiger partial charge in [-0.1, -0.05) is 11.6 Å². The summed E-state index contributed by atoms with van der Waals surface area (Å²) < 4.78 is 6.72. The lowest BCUT2D eigenvalue weighted by molar-refractivity contribution is 0.399. The molecule has 104 valence electrons. The van der Waals surface area contributed by atoms with Crippen LogP contribution in [0.2, 0.25) is 5.02 Å². The van der Waals surface area contributed by atoms with Crippen LogP contribution in [0.15, 0.2) is 30.3 Å². The summed E-state index contributed by atoms with van der Waals surface area (Å²) in [4.78, 5) is 8.59. The predicted octanol–water partition coefficient (Wildman–Crippen LogP) is 2.54. The first kappa shape index (κ1) is 13.2. The van der Waals surface area contributed by atoms with Crippen LogP contribution in [-0.4, -0.2) is 21.6 Å². The lowest BCUT2D eigenvalue weighted by atomic mass is 10.2. The van der Waals surface area contributed by atoms with Crippen LogP contribution in [0, 0.1) is 11.3 Å². The van der Waals surface area contributed by atoms with Gasteiger partial charge < -0.3 is 10.5 Å². The number of benzene rings is 1. The third-order valence-electron chi connectivity index (χ3n) is 3.03. The minimum absolute atomic E-state index is 0.239. The van der Waals surface area contributed by atoms with Crippen molar-refractivity contribution in [2.24, 2.45) is 0 Å². The van der Waals surface area contributed by atoms with Crippen LogP contribution >= 0.6 is 11.6 Å². The van der Waals surface area contributed by atoms with E-state index in [9.17, 15) is 0 Å². The van der Waals surface area contributed by atoms with Crippen LogP contribution in [-0.2, 0) is 0 Å². The van der Waals surface area contributed by atoms with Gasteiger partial charge in [0.2, 0.25) is 11.8 Å². The van der Waals surface area contributed by atoms with E-state index in [1.165, 1.54) is 7.11 Å². The van der Waals surface area contributed by atoms with Crippen molar-refractivity contribution in [1.29, 1.82) is 5.26 Å². The smallest absolute Gasteiger partial charge is 0.215 e. The number of halogens is 1. The molecule has 0 atom stereocenters. The van der Waals surface area contributed by atoms with Crippen molar-refractivity contribution >= 4 is 28.7 Å². The number of hydrogen-bond donors (Lipinski definition) is 1. The van der Waals surface area contributed by atoms with E-state index in [-0.39, 0.29) is 5.95 Å². The van der Waals surface area contributed by atoms with E-state index in [0.29, 0.717) is 33.3 Å². The number of nitrogens with zero attached hydrogens (tertiary/aromatic N) is 4. The molecule has 2 aromatic heterocycles. The molecule has 1 aromatic carbocycles. The standard InChI is InChI=1S/C14H10ClN5O/c1-21-12-5-4-10-13(19-12)20(14(17)18-10)11-6-8(7-16)2-3-9(11)15/h2-6H,1H3,(H2,17,18). The second kappa shape index (κ2) is 4.96. The van der Waals surface area contributed by atoms with Crippen molar-refractivity contribution in [1.82, 2.24) is 14.5 Å². The summed E-state index contributed by atoms with van der Waals surface area (Å²) in [5, 5.41) is 9.48. The van der Waals surface area contributed by atoms with Crippen molar-refractivity contribution in [3.8, 4) is 17.6 Å². The van der Waals surface area contributed by atoms with Gasteiger partial charge in [-0.2, -0.15) is 10.2 Å². The highest BCUT2D eigenvalue weighted by atomic mass is 35.5. The molecule has 0 aliphatic carbocycles. The highest BCUT2D eigenvalue weighted by Crippen LogP contribution is 2.28. The van der Waals surface area contributed by atoms with Gasteiger partial charge in [0.05, 0.1) is 29.5 Å². The third-order valence-corrected chi connectivity index (χ3v) is 3.35. The molecule has 3 rings (SSSR count). The van der Waals surface area contributed by atoms with Gasteiger partial charge in [0.25, 0.3) is 0 Å². The number of nitrogen functional groups attached to an aromatic ring is 1. The number of nitrogens with two attached hydrogens (primary N) is 1. The Morgan fingerprint density at radius 3 is 2.81 bits per heavy atom. The van der Waals surface area contributed by atoms with Gasteiger partial charge in [0.15, 0.2) is 5.65 Å². The van der Waals surface area contributed by atoms with Crippen molar-refractivity contribution in [2.75, 3.05) is 12.8 Å². The average Bonchev–Trinajstić information content (AvgIpc) is 2.82. The Labute approximate surface area is 125 Å². The quantitative estimate of drug-likeness (QED) is 0.785. The molecule has 0 spiro atoms. The first-order chi connectivity index (χ1) is 10.1. The first-order valence-electron chi connectivity index (χ1n) is 6.03. The highest BCUT2D eigenvalue weighted by Gasteiger charge is 2.15. The molecule has 0 amide bonds. The van der Waals surface area contributed by atoms with Gasteiger partial charge in [-0.05, 0) is 24.3 Å². The Bertz CT molecular complexity index is 881. The molecule has 0 aliphatic heterocycles. The average molecular weight is 300 g/mol. The second-order valence-corrected chi connectivity index (χ2v) is 4.69. The molecule has 0 saturated heterocycles. The number of nitriles is 1. The van der Waals surface area contributed by atoms with Crippen molar-refractivity contribution < 1.29 is 4.74 Å². The summed E-state index contributed by atoms with van der Waals surface area (Å²) in [5.74, 6) is 0.680. The molecule has 0 unspecified atom stereocenters. The number of pyridine rings is 1. The van der Waals surface area contributed by atoms with Crippen LogP contribution in [0.4, 0.5) is 5.95 Å². The Morgan fingerprint density at radius 2 is 2.10 bits per heavy atom. The zero-order valence-electron chi connectivity index (χ0n) is 11.0. The number of methoxy groups -OCH3 is 1. The van der Waals surface area contributed by atoms with E-state index in [0.717, 1.165) is 0 Å². The number of imidazole rings is 1. The summed E-state index contributed by atoms with van der Waals surface area (Å²) >= 11 is 6.22. The van der Waals surface area contributed by atoms with Gasteiger partial charge >= 0.3 is 0 Å². The number of rotatable bonds is 2. The Hall–Kier alpha value is -2.78. The van der Waals surface area contributed by atoms with Crippen molar-refractivity contribution in [2.45, 2.75) is 0 Å². The largest absolute Gasteiger partial charge is 0.481 e. The molecule has 0 saturated carbocycles. The normalized spacial score (nSPS) is 10.5. The van der Waals surface area contributed by atoms with Gasteiger partial charge in [-0.15, -0.1) is 0 Å². The number of aromatic nitrogens is 3. The molecule has 0 fully saturated rings. The molecule has 2 heterocycles. The van der Waals surface area contributed by atoms with Gasteiger partial charge in [-0.3, -0.25) is 4.57 Å². The summed E-state index contributed by atoms with van der Waals surface area (Å²) in [6.45, 7) is 0. The predicted molar refractivity (Wildman–Crippen MR) is 79.6 cm³/mol. The van der Waals surface area contributed by atoms with E-state index < -0.39 is 0 Å². The fraction of sp³-hybridized carbons (Fsp3) is 0.0714. The summed E-state index contributed by atoms with van der Waals surface area (Å²) in [6, 6.07) is 10.4. The lowest BCUT2D eigenvalue weighted by Crippen LogP contribution is -2.03. The molecule has 0 aliphatic rings. The first-order valence-corrected chi connectivity index (χ1v) is 6.41. The molecule has 2 N–H and O–H groups in total.